The molecule has 0 fully saturated rings. The van der Waals surface area contributed by atoms with Crippen LogP contribution >= 0.6 is 35.6 Å². The van der Waals surface area contributed by atoms with Gasteiger partial charge in [0.25, 0.3) is 0 Å². The van der Waals surface area contributed by atoms with E-state index in [-0.39, 0.29) is 18.2 Å². The number of benzene rings is 3. The maximum absolute atomic E-state index is 13.0. The molecule has 0 saturated carbocycles. The van der Waals surface area contributed by atoms with E-state index in [4.69, 9.17) is 27.9 Å². The van der Waals surface area contributed by atoms with Gasteiger partial charge in [0, 0.05) is 28.7 Å². The first kappa shape index (κ1) is 21.5. The van der Waals surface area contributed by atoms with E-state index in [2.05, 4.69) is 5.32 Å². The van der Waals surface area contributed by atoms with Crippen molar-refractivity contribution in [3.05, 3.63) is 99.3 Å². The van der Waals surface area contributed by atoms with Crippen LogP contribution in [0.3, 0.4) is 0 Å². The summed E-state index contributed by atoms with van der Waals surface area (Å²) in [5, 5.41) is 4.74. The molecule has 0 aliphatic carbocycles. The van der Waals surface area contributed by atoms with E-state index in [1.807, 2.05) is 36.4 Å². The van der Waals surface area contributed by atoms with Crippen LogP contribution in [-0.4, -0.2) is 0 Å². The molecule has 0 bridgehead atoms. The third-order valence-electron chi connectivity index (χ3n) is 3.92. The van der Waals surface area contributed by atoms with Crippen LogP contribution < -0.4 is 10.1 Å². The molecule has 3 aromatic carbocycles. The number of rotatable bonds is 7. The van der Waals surface area contributed by atoms with Gasteiger partial charge >= 0.3 is 0 Å². The summed E-state index contributed by atoms with van der Waals surface area (Å²) in [7, 11) is 0. The van der Waals surface area contributed by atoms with Gasteiger partial charge in [-0.05, 0) is 47.5 Å². The second kappa shape index (κ2) is 10.5. The topological polar surface area (TPSA) is 21.3 Å². The molecule has 0 amide bonds. The Labute approximate surface area is 174 Å². The van der Waals surface area contributed by atoms with Crippen LogP contribution in [0.4, 0.5) is 4.39 Å². The lowest BCUT2D eigenvalue weighted by atomic mass is 10.1. The smallest absolute Gasteiger partial charge is 0.124 e. The minimum Gasteiger partial charge on any atom is -0.489 e. The van der Waals surface area contributed by atoms with Crippen LogP contribution in [0.5, 0.6) is 5.75 Å². The summed E-state index contributed by atoms with van der Waals surface area (Å²) in [5.41, 5.74) is 2.88. The van der Waals surface area contributed by atoms with Crippen molar-refractivity contribution >= 4 is 35.6 Å². The first-order valence-electron chi connectivity index (χ1n) is 8.21. The lowest BCUT2D eigenvalue weighted by Crippen LogP contribution is -2.14. The van der Waals surface area contributed by atoms with Gasteiger partial charge in [-0.15, -0.1) is 12.4 Å². The fourth-order valence-corrected chi connectivity index (χ4v) is 2.94. The third-order valence-corrected chi connectivity index (χ3v) is 4.52. The molecule has 0 aliphatic rings. The zero-order chi connectivity index (χ0) is 18.4. The lowest BCUT2D eigenvalue weighted by Gasteiger charge is -2.13. The molecule has 0 heterocycles. The number of ether oxygens (including phenoxy) is 1. The molecule has 0 radical (unpaired) electrons. The van der Waals surface area contributed by atoms with Crippen LogP contribution in [0, 0.1) is 5.82 Å². The molecule has 0 saturated heterocycles. The van der Waals surface area contributed by atoms with Crippen LogP contribution in [0.15, 0.2) is 66.7 Å². The van der Waals surface area contributed by atoms with Crippen molar-refractivity contribution in [2.75, 3.05) is 0 Å². The molecular formula is C21H19Cl3FNO. The molecular weight excluding hydrogens is 408 g/mol. The van der Waals surface area contributed by atoms with Gasteiger partial charge in [-0.2, -0.15) is 0 Å². The first-order chi connectivity index (χ1) is 12.6. The SMILES string of the molecule is Cl.Fc1ccc(COc2ccc(Cl)cc2CNCc2ccccc2Cl)cc1. The van der Waals surface area contributed by atoms with Gasteiger partial charge in [-0.25, -0.2) is 4.39 Å². The second-order valence-electron chi connectivity index (χ2n) is 5.86. The van der Waals surface area contributed by atoms with Crippen LogP contribution in [0.25, 0.3) is 0 Å². The molecule has 142 valence electrons. The zero-order valence-electron chi connectivity index (χ0n) is 14.4. The largest absolute Gasteiger partial charge is 0.489 e. The van der Waals surface area contributed by atoms with E-state index < -0.39 is 0 Å². The average molecular weight is 427 g/mol. The van der Waals surface area contributed by atoms with Gasteiger partial charge in [0.05, 0.1) is 0 Å². The van der Waals surface area contributed by atoms with Crippen molar-refractivity contribution in [1.29, 1.82) is 0 Å². The van der Waals surface area contributed by atoms with E-state index in [1.165, 1.54) is 12.1 Å². The Morgan fingerprint density at radius 1 is 0.852 bits per heavy atom. The van der Waals surface area contributed by atoms with E-state index >= 15 is 0 Å². The molecule has 0 spiro atoms. The predicted molar refractivity (Wildman–Crippen MR) is 111 cm³/mol. The average Bonchev–Trinajstić information content (AvgIpc) is 2.64. The summed E-state index contributed by atoms with van der Waals surface area (Å²) in [5.74, 6) is 0.482. The van der Waals surface area contributed by atoms with Crippen molar-refractivity contribution in [1.82, 2.24) is 5.32 Å². The highest BCUT2D eigenvalue weighted by Crippen LogP contribution is 2.24. The van der Waals surface area contributed by atoms with Crippen molar-refractivity contribution < 1.29 is 9.13 Å². The van der Waals surface area contributed by atoms with Gasteiger partial charge in [-0.1, -0.05) is 53.5 Å². The molecule has 0 unspecified atom stereocenters. The van der Waals surface area contributed by atoms with Gasteiger partial charge in [0.2, 0.25) is 0 Å². The highest BCUT2D eigenvalue weighted by atomic mass is 35.5. The fraction of sp³-hybridized carbons (Fsp3) is 0.143. The van der Waals surface area contributed by atoms with Gasteiger partial charge in [0.1, 0.15) is 18.2 Å². The van der Waals surface area contributed by atoms with E-state index in [0.717, 1.165) is 27.5 Å². The molecule has 6 heteroatoms. The lowest BCUT2D eigenvalue weighted by molar-refractivity contribution is 0.302. The van der Waals surface area contributed by atoms with Crippen molar-refractivity contribution in [3.8, 4) is 5.75 Å². The van der Waals surface area contributed by atoms with Crippen LogP contribution in [0.1, 0.15) is 16.7 Å². The van der Waals surface area contributed by atoms with Gasteiger partial charge < -0.3 is 10.1 Å². The molecule has 2 nitrogen and oxygen atoms in total. The molecule has 0 aliphatic heterocycles. The minimum absolute atomic E-state index is 0. The Morgan fingerprint density at radius 2 is 1.56 bits per heavy atom. The van der Waals surface area contributed by atoms with Gasteiger partial charge in [-0.3, -0.25) is 0 Å². The van der Waals surface area contributed by atoms with E-state index in [9.17, 15) is 4.39 Å². The van der Waals surface area contributed by atoms with Crippen molar-refractivity contribution in [2.24, 2.45) is 0 Å². The van der Waals surface area contributed by atoms with Crippen molar-refractivity contribution in [2.45, 2.75) is 19.7 Å². The molecule has 0 aromatic heterocycles. The summed E-state index contributed by atoms with van der Waals surface area (Å²) in [6.07, 6.45) is 0. The number of nitrogens with one attached hydrogen (secondary N) is 1. The number of hydrogen-bond donors (Lipinski definition) is 1. The van der Waals surface area contributed by atoms with Gasteiger partial charge in [0.15, 0.2) is 0 Å². The second-order valence-corrected chi connectivity index (χ2v) is 6.71. The standard InChI is InChI=1S/C21H18Cl2FNO.ClH/c22-18-7-10-21(26-14-15-5-8-19(24)9-6-15)17(11-18)13-25-12-16-3-1-2-4-20(16)23;/h1-11,25H,12-14H2;1H. The van der Waals surface area contributed by atoms with Crippen LogP contribution in [-0.2, 0) is 19.7 Å². The van der Waals surface area contributed by atoms with E-state index in [1.54, 1.807) is 18.2 Å². The fourth-order valence-electron chi connectivity index (χ4n) is 2.54. The highest BCUT2D eigenvalue weighted by molar-refractivity contribution is 6.31. The summed E-state index contributed by atoms with van der Waals surface area (Å²) >= 11 is 12.3. The molecule has 1 N–H and O–H groups in total. The molecule has 0 atom stereocenters. The minimum atomic E-state index is -0.260. The predicted octanol–water partition coefficient (Wildman–Crippen LogP) is 6.42. The summed E-state index contributed by atoms with van der Waals surface area (Å²) in [6, 6.07) is 19.5. The summed E-state index contributed by atoms with van der Waals surface area (Å²) in [6.45, 7) is 1.59. The maximum atomic E-state index is 13.0. The quantitative estimate of drug-likeness (QED) is 0.470. The van der Waals surface area contributed by atoms with E-state index in [0.29, 0.717) is 24.7 Å². The maximum Gasteiger partial charge on any atom is 0.124 e. The monoisotopic (exact) mass is 425 g/mol. The highest BCUT2D eigenvalue weighted by Gasteiger charge is 2.07. The zero-order valence-corrected chi connectivity index (χ0v) is 16.8. The molecule has 3 aromatic rings. The number of halogens is 4. The molecule has 27 heavy (non-hydrogen) atoms. The Hall–Kier alpha value is -1.78. The Bertz CT molecular complexity index is 872. The molecule has 3 rings (SSSR count). The summed E-state index contributed by atoms with van der Waals surface area (Å²) in [4.78, 5) is 0. The Balaban J connectivity index is 0.00000261. The number of hydrogen-bond acceptors (Lipinski definition) is 2. The normalized spacial score (nSPS) is 10.3. The first-order valence-corrected chi connectivity index (χ1v) is 8.97. The Kier molecular flexibility index (Phi) is 8.39. The van der Waals surface area contributed by atoms with Crippen molar-refractivity contribution in [3.63, 3.8) is 0 Å². The Morgan fingerprint density at radius 3 is 2.30 bits per heavy atom. The summed E-state index contributed by atoms with van der Waals surface area (Å²) < 4.78 is 18.9. The van der Waals surface area contributed by atoms with Crippen LogP contribution in [0.2, 0.25) is 10.0 Å². The third kappa shape index (κ3) is 6.40.